The maximum absolute atomic E-state index is 14.7. The fourth-order valence-corrected chi connectivity index (χ4v) is 4.25. The Morgan fingerprint density at radius 3 is 2.66 bits per heavy atom. The molecule has 4 nitrogen and oxygen atoms in total. The first-order valence-corrected chi connectivity index (χ1v) is 10.1. The van der Waals surface area contributed by atoms with Gasteiger partial charge in [-0.1, -0.05) is 49.6 Å². The van der Waals surface area contributed by atoms with Crippen molar-refractivity contribution in [1.82, 2.24) is 4.98 Å². The lowest BCUT2D eigenvalue weighted by Crippen LogP contribution is -2.23. The minimum atomic E-state index is -0.884. The molecule has 1 aliphatic carbocycles. The fraction of sp³-hybridized carbons (Fsp3) is 0.333. The molecule has 0 saturated heterocycles. The van der Waals surface area contributed by atoms with Gasteiger partial charge in [-0.25, -0.2) is 9.37 Å². The molecule has 5 heteroatoms. The lowest BCUT2D eigenvalue weighted by Gasteiger charge is -2.27. The molecule has 0 bridgehead atoms. The molecule has 1 unspecified atom stereocenters. The largest absolute Gasteiger partial charge is 0.484 e. The SMILES string of the molecule is O=C(O)C(c1ccc(OCc2ccc3ccccc3n2)c(F)c1)C1CCCCC1. The third-order valence-corrected chi connectivity index (χ3v) is 5.73. The molecule has 0 aliphatic heterocycles. The van der Waals surface area contributed by atoms with Gasteiger partial charge in [0.05, 0.1) is 17.1 Å². The maximum Gasteiger partial charge on any atom is 0.311 e. The molecule has 1 fully saturated rings. The van der Waals surface area contributed by atoms with E-state index in [0.717, 1.165) is 43.0 Å². The van der Waals surface area contributed by atoms with Gasteiger partial charge in [-0.05, 0) is 48.6 Å². The van der Waals surface area contributed by atoms with Crippen LogP contribution < -0.4 is 4.74 Å². The Hall–Kier alpha value is -2.95. The van der Waals surface area contributed by atoms with Gasteiger partial charge in [0.25, 0.3) is 0 Å². The first kappa shape index (κ1) is 19.4. The number of pyridine rings is 1. The third kappa shape index (κ3) is 4.39. The lowest BCUT2D eigenvalue weighted by molar-refractivity contribution is -0.140. The normalized spacial score (nSPS) is 15.9. The molecule has 0 spiro atoms. The van der Waals surface area contributed by atoms with Crippen LogP contribution in [0.15, 0.2) is 54.6 Å². The van der Waals surface area contributed by atoms with Gasteiger partial charge in [0.2, 0.25) is 0 Å². The summed E-state index contributed by atoms with van der Waals surface area (Å²) in [7, 11) is 0. The van der Waals surface area contributed by atoms with E-state index in [-0.39, 0.29) is 18.3 Å². The topological polar surface area (TPSA) is 59.4 Å². The van der Waals surface area contributed by atoms with Crippen LogP contribution in [0.2, 0.25) is 0 Å². The summed E-state index contributed by atoms with van der Waals surface area (Å²) in [4.78, 5) is 16.4. The highest BCUT2D eigenvalue weighted by Gasteiger charge is 2.31. The van der Waals surface area contributed by atoms with Crippen molar-refractivity contribution < 1.29 is 19.0 Å². The van der Waals surface area contributed by atoms with E-state index in [1.807, 2.05) is 36.4 Å². The van der Waals surface area contributed by atoms with Crippen LogP contribution in [0.4, 0.5) is 4.39 Å². The zero-order valence-electron chi connectivity index (χ0n) is 16.2. The molecule has 1 N–H and O–H groups in total. The second kappa shape index (κ2) is 8.60. The summed E-state index contributed by atoms with van der Waals surface area (Å²) in [5.74, 6) is -1.91. The molecule has 0 amide bonds. The number of carbonyl (C=O) groups is 1. The van der Waals surface area contributed by atoms with E-state index in [1.54, 1.807) is 6.07 Å². The quantitative estimate of drug-likeness (QED) is 0.583. The summed E-state index contributed by atoms with van der Waals surface area (Å²) >= 11 is 0. The molecule has 1 atom stereocenters. The van der Waals surface area contributed by atoms with E-state index in [4.69, 9.17) is 4.74 Å². The average Bonchev–Trinajstić information content (AvgIpc) is 2.74. The number of halogens is 1. The minimum absolute atomic E-state index is 0.0641. The number of nitrogens with zero attached hydrogens (tertiary/aromatic N) is 1. The highest BCUT2D eigenvalue weighted by Crippen LogP contribution is 2.37. The van der Waals surface area contributed by atoms with Gasteiger partial charge in [-0.2, -0.15) is 0 Å². The van der Waals surface area contributed by atoms with Crippen LogP contribution in [0.25, 0.3) is 10.9 Å². The summed E-state index contributed by atoms with van der Waals surface area (Å²) in [5, 5.41) is 10.8. The van der Waals surface area contributed by atoms with Crippen molar-refractivity contribution in [3.05, 3.63) is 71.7 Å². The van der Waals surface area contributed by atoms with Crippen LogP contribution in [0.3, 0.4) is 0 Å². The van der Waals surface area contributed by atoms with Crippen molar-refractivity contribution in [2.45, 2.75) is 44.6 Å². The number of fused-ring (bicyclic) bond motifs is 1. The highest BCUT2D eigenvalue weighted by molar-refractivity contribution is 5.78. The second-order valence-electron chi connectivity index (χ2n) is 7.69. The second-order valence-corrected chi connectivity index (χ2v) is 7.69. The Bertz CT molecular complexity index is 1010. The summed E-state index contributed by atoms with van der Waals surface area (Å²) in [5.41, 5.74) is 2.08. The number of benzene rings is 2. The molecule has 1 aromatic heterocycles. The van der Waals surface area contributed by atoms with Crippen LogP contribution >= 0.6 is 0 Å². The van der Waals surface area contributed by atoms with Gasteiger partial charge in [0, 0.05) is 5.39 Å². The fourth-order valence-electron chi connectivity index (χ4n) is 4.25. The summed E-state index contributed by atoms with van der Waals surface area (Å²) in [6.45, 7) is 0.145. The van der Waals surface area contributed by atoms with Gasteiger partial charge in [-0.3, -0.25) is 4.79 Å². The van der Waals surface area contributed by atoms with E-state index >= 15 is 0 Å². The number of aliphatic carboxylic acids is 1. The Morgan fingerprint density at radius 1 is 1.10 bits per heavy atom. The number of hydrogen-bond acceptors (Lipinski definition) is 3. The number of ether oxygens (including phenoxy) is 1. The molecule has 29 heavy (non-hydrogen) atoms. The van der Waals surface area contributed by atoms with Gasteiger partial charge in [-0.15, -0.1) is 0 Å². The molecule has 3 aromatic rings. The van der Waals surface area contributed by atoms with E-state index < -0.39 is 17.7 Å². The molecule has 0 radical (unpaired) electrons. The van der Waals surface area contributed by atoms with Gasteiger partial charge < -0.3 is 9.84 Å². The van der Waals surface area contributed by atoms with Crippen LogP contribution in [0.1, 0.15) is 49.3 Å². The minimum Gasteiger partial charge on any atom is -0.484 e. The summed E-state index contributed by atoms with van der Waals surface area (Å²) < 4.78 is 20.3. The number of aromatic nitrogens is 1. The van der Waals surface area contributed by atoms with Crippen LogP contribution in [0.5, 0.6) is 5.75 Å². The molecule has 1 heterocycles. The average molecular weight is 393 g/mol. The van der Waals surface area contributed by atoms with E-state index in [0.29, 0.717) is 11.3 Å². The van der Waals surface area contributed by atoms with Crippen LogP contribution in [0, 0.1) is 11.7 Å². The molecule has 1 saturated carbocycles. The zero-order chi connectivity index (χ0) is 20.2. The van der Waals surface area contributed by atoms with Crippen molar-refractivity contribution in [1.29, 1.82) is 0 Å². The predicted octanol–water partition coefficient (Wildman–Crippen LogP) is 5.70. The summed E-state index contributed by atoms with van der Waals surface area (Å²) in [6, 6.07) is 16.1. The number of para-hydroxylation sites is 1. The van der Waals surface area contributed by atoms with Crippen LogP contribution in [-0.4, -0.2) is 16.1 Å². The molecule has 4 rings (SSSR count). The zero-order valence-corrected chi connectivity index (χ0v) is 16.2. The molecule has 1 aliphatic rings. The number of carboxylic acid groups (broad SMARTS) is 1. The molecule has 150 valence electrons. The number of carboxylic acids is 1. The van der Waals surface area contributed by atoms with Gasteiger partial charge in [0.1, 0.15) is 6.61 Å². The first-order chi connectivity index (χ1) is 14.1. The Morgan fingerprint density at radius 2 is 1.90 bits per heavy atom. The lowest BCUT2D eigenvalue weighted by atomic mass is 9.77. The highest BCUT2D eigenvalue weighted by atomic mass is 19.1. The third-order valence-electron chi connectivity index (χ3n) is 5.73. The Labute approximate surface area is 169 Å². The number of hydrogen-bond donors (Lipinski definition) is 1. The van der Waals surface area contributed by atoms with Crippen molar-refractivity contribution >= 4 is 16.9 Å². The molecular weight excluding hydrogens is 369 g/mol. The smallest absolute Gasteiger partial charge is 0.311 e. The molecular formula is C24H24FNO3. The Kier molecular flexibility index (Phi) is 5.74. The van der Waals surface area contributed by atoms with Crippen LogP contribution in [-0.2, 0) is 11.4 Å². The first-order valence-electron chi connectivity index (χ1n) is 10.1. The predicted molar refractivity (Wildman–Crippen MR) is 109 cm³/mol. The van der Waals surface area contributed by atoms with Crippen molar-refractivity contribution in [3.8, 4) is 5.75 Å². The van der Waals surface area contributed by atoms with E-state index in [2.05, 4.69) is 4.98 Å². The standard InChI is InChI=1S/C24H24FNO3/c25-20-14-18(23(24(27)28)17-7-2-1-3-8-17)11-13-22(20)29-15-19-12-10-16-6-4-5-9-21(16)26-19/h4-6,9-14,17,23H,1-3,7-8,15H2,(H,27,28). The summed E-state index contributed by atoms with van der Waals surface area (Å²) in [6.07, 6.45) is 4.98. The van der Waals surface area contributed by atoms with Gasteiger partial charge in [0.15, 0.2) is 11.6 Å². The van der Waals surface area contributed by atoms with E-state index in [9.17, 15) is 14.3 Å². The van der Waals surface area contributed by atoms with Crippen molar-refractivity contribution in [2.75, 3.05) is 0 Å². The van der Waals surface area contributed by atoms with Crippen molar-refractivity contribution in [3.63, 3.8) is 0 Å². The monoisotopic (exact) mass is 393 g/mol. The van der Waals surface area contributed by atoms with E-state index in [1.165, 1.54) is 12.1 Å². The van der Waals surface area contributed by atoms with Gasteiger partial charge >= 0.3 is 5.97 Å². The molecule has 2 aromatic carbocycles. The Balaban J connectivity index is 1.49. The number of rotatable bonds is 6. The van der Waals surface area contributed by atoms with Crippen molar-refractivity contribution in [2.24, 2.45) is 5.92 Å². The maximum atomic E-state index is 14.7.